The third-order valence-corrected chi connectivity index (χ3v) is 5.62. The van der Waals surface area contributed by atoms with Crippen molar-refractivity contribution in [3.8, 4) is 18.2 Å². The Labute approximate surface area is 138 Å². The van der Waals surface area contributed by atoms with Crippen molar-refractivity contribution in [3.63, 3.8) is 0 Å². The van der Waals surface area contributed by atoms with Gasteiger partial charge in [0, 0.05) is 6.42 Å². The molecule has 2 saturated heterocycles. The molecule has 0 spiro atoms. The van der Waals surface area contributed by atoms with Gasteiger partial charge < -0.3 is 13.9 Å². The fourth-order valence-electron chi connectivity index (χ4n) is 4.56. The maximum Gasteiger partial charge on any atom is 0.217 e. The summed E-state index contributed by atoms with van der Waals surface area (Å²) in [6.07, 6.45) is 3.12. The molecule has 120 valence electrons. The van der Waals surface area contributed by atoms with E-state index in [2.05, 4.69) is 6.07 Å². The Morgan fingerprint density at radius 2 is 1.96 bits per heavy atom. The quantitative estimate of drug-likeness (QED) is 0.846. The average Bonchev–Trinajstić information content (AvgIpc) is 3.19. The lowest BCUT2D eigenvalue weighted by Gasteiger charge is -2.50. The molecule has 0 amide bonds. The lowest BCUT2D eigenvalue weighted by Crippen LogP contribution is -2.60. The van der Waals surface area contributed by atoms with Crippen LogP contribution in [0, 0.1) is 56.2 Å². The van der Waals surface area contributed by atoms with Crippen LogP contribution in [0.2, 0.25) is 0 Å². The van der Waals surface area contributed by atoms with Crippen LogP contribution < -0.4 is 0 Å². The first-order valence-electron chi connectivity index (χ1n) is 7.83. The van der Waals surface area contributed by atoms with Gasteiger partial charge in [0.25, 0.3) is 0 Å². The predicted molar refractivity (Wildman–Crippen MR) is 77.7 cm³/mol. The van der Waals surface area contributed by atoms with E-state index in [0.717, 1.165) is 12.8 Å². The fraction of sp³-hybridized carbons (Fsp3) is 0.529. The number of ether oxygens (including phenoxy) is 2. The van der Waals surface area contributed by atoms with Crippen LogP contribution >= 0.6 is 0 Å². The zero-order valence-electron chi connectivity index (χ0n) is 12.8. The Morgan fingerprint density at radius 1 is 1.17 bits per heavy atom. The smallest absolute Gasteiger partial charge is 0.217 e. The van der Waals surface area contributed by atoms with E-state index in [1.807, 2.05) is 12.1 Å². The van der Waals surface area contributed by atoms with Gasteiger partial charge in [-0.3, -0.25) is 5.41 Å². The summed E-state index contributed by atoms with van der Waals surface area (Å²) in [6.45, 7) is 0. The second-order valence-corrected chi connectivity index (χ2v) is 6.51. The molecule has 4 rings (SSSR count). The van der Waals surface area contributed by atoms with E-state index in [-0.39, 0.29) is 5.90 Å². The van der Waals surface area contributed by atoms with Crippen LogP contribution in [0.15, 0.2) is 22.8 Å². The first-order chi connectivity index (χ1) is 11.6. The number of rotatable bonds is 1. The molecule has 7 heteroatoms. The molecule has 4 atom stereocenters. The normalized spacial score (nSPS) is 39.0. The molecule has 1 aromatic rings. The molecule has 1 aromatic heterocycles. The molecular formula is C17H14N4O3. The average molecular weight is 322 g/mol. The van der Waals surface area contributed by atoms with Gasteiger partial charge in [-0.25, -0.2) is 0 Å². The van der Waals surface area contributed by atoms with E-state index in [4.69, 9.17) is 19.3 Å². The van der Waals surface area contributed by atoms with Crippen molar-refractivity contribution >= 4 is 5.90 Å². The van der Waals surface area contributed by atoms with Crippen LogP contribution in [0.3, 0.4) is 0 Å². The molecule has 0 radical (unpaired) electrons. The van der Waals surface area contributed by atoms with Crippen molar-refractivity contribution in [3.05, 3.63) is 24.2 Å². The molecule has 3 heterocycles. The van der Waals surface area contributed by atoms with Gasteiger partial charge in [0.05, 0.1) is 30.4 Å². The highest BCUT2D eigenvalue weighted by Crippen LogP contribution is 2.69. The Kier molecular flexibility index (Phi) is 2.83. The molecule has 3 fully saturated rings. The standard InChI is InChI=1S/C17H14N4O3/c18-8-15(9-19)13(11-4-3-7-22-11)23-17-6-2-1-5-12(17)16(15,10-20)14(21)24-17/h3-4,7,12-13,21H,1-2,5-6H2/t12-,13-,16+,17+/m1/s1. The van der Waals surface area contributed by atoms with Crippen LogP contribution in [-0.2, 0) is 9.47 Å². The van der Waals surface area contributed by atoms with Gasteiger partial charge in [-0.1, -0.05) is 6.42 Å². The summed E-state index contributed by atoms with van der Waals surface area (Å²) in [4.78, 5) is 0. The van der Waals surface area contributed by atoms with Gasteiger partial charge in [0.1, 0.15) is 5.76 Å². The maximum absolute atomic E-state index is 10.0. The van der Waals surface area contributed by atoms with Gasteiger partial charge in [0.15, 0.2) is 11.5 Å². The summed E-state index contributed by atoms with van der Waals surface area (Å²) < 4.78 is 17.3. The Morgan fingerprint density at radius 3 is 2.58 bits per heavy atom. The summed E-state index contributed by atoms with van der Waals surface area (Å²) >= 11 is 0. The first-order valence-corrected chi connectivity index (χ1v) is 7.83. The van der Waals surface area contributed by atoms with Crippen molar-refractivity contribution in [2.24, 2.45) is 16.7 Å². The van der Waals surface area contributed by atoms with Crippen molar-refractivity contribution in [1.29, 1.82) is 21.2 Å². The summed E-state index contributed by atoms with van der Waals surface area (Å²) in [5, 5.41) is 38.2. The summed E-state index contributed by atoms with van der Waals surface area (Å²) in [7, 11) is 0. The summed E-state index contributed by atoms with van der Waals surface area (Å²) in [6, 6.07) is 9.36. The summed E-state index contributed by atoms with van der Waals surface area (Å²) in [5.74, 6) is -1.70. The SMILES string of the molecule is N#CC1(C#N)[C@@H](c2ccco2)O[C@]23CCCC[C@@H]2[C@@]1(C#N)C(=N)O3. The number of nitrogens with zero attached hydrogens (tertiary/aromatic N) is 3. The van der Waals surface area contributed by atoms with Crippen LogP contribution in [0.4, 0.5) is 0 Å². The molecular weight excluding hydrogens is 308 g/mol. The molecule has 1 aliphatic carbocycles. The third kappa shape index (κ3) is 1.36. The van der Waals surface area contributed by atoms with Gasteiger partial charge in [0.2, 0.25) is 17.1 Å². The molecule has 24 heavy (non-hydrogen) atoms. The van der Waals surface area contributed by atoms with E-state index in [1.54, 1.807) is 12.1 Å². The van der Waals surface area contributed by atoms with Crippen LogP contribution in [-0.4, -0.2) is 11.7 Å². The summed E-state index contributed by atoms with van der Waals surface area (Å²) in [5.41, 5.74) is -3.56. The number of hydrogen-bond acceptors (Lipinski definition) is 7. The third-order valence-electron chi connectivity index (χ3n) is 5.62. The van der Waals surface area contributed by atoms with Crippen molar-refractivity contribution < 1.29 is 13.9 Å². The van der Waals surface area contributed by atoms with E-state index >= 15 is 0 Å². The second kappa shape index (κ2) is 4.60. The largest absolute Gasteiger partial charge is 0.466 e. The lowest BCUT2D eigenvalue weighted by molar-refractivity contribution is -0.297. The van der Waals surface area contributed by atoms with Gasteiger partial charge >= 0.3 is 0 Å². The highest BCUT2D eigenvalue weighted by atomic mass is 16.7. The highest BCUT2D eigenvalue weighted by Gasteiger charge is 2.80. The molecule has 2 aliphatic heterocycles. The molecule has 3 aliphatic rings. The van der Waals surface area contributed by atoms with Crippen LogP contribution in [0.25, 0.3) is 0 Å². The molecule has 1 N–H and O–H groups in total. The zero-order valence-corrected chi connectivity index (χ0v) is 12.8. The number of furan rings is 1. The zero-order chi connectivity index (χ0) is 17.0. The highest BCUT2D eigenvalue weighted by molar-refractivity contribution is 5.89. The molecule has 1 saturated carbocycles. The predicted octanol–water partition coefficient (Wildman–Crippen LogP) is 2.79. The minimum Gasteiger partial charge on any atom is -0.466 e. The molecule has 2 bridgehead atoms. The molecule has 0 aromatic carbocycles. The Bertz CT molecular complexity index is 813. The van der Waals surface area contributed by atoms with Gasteiger partial charge in [-0.05, 0) is 25.0 Å². The fourth-order valence-corrected chi connectivity index (χ4v) is 4.56. The van der Waals surface area contributed by atoms with E-state index in [0.29, 0.717) is 18.6 Å². The number of nitriles is 3. The van der Waals surface area contributed by atoms with Crippen molar-refractivity contribution in [1.82, 2.24) is 0 Å². The number of nitrogens with one attached hydrogen (secondary N) is 1. The molecule has 7 nitrogen and oxygen atoms in total. The molecule has 0 unspecified atom stereocenters. The van der Waals surface area contributed by atoms with Crippen LogP contribution in [0.1, 0.15) is 37.5 Å². The second-order valence-electron chi connectivity index (χ2n) is 6.51. The monoisotopic (exact) mass is 322 g/mol. The topological polar surface area (TPSA) is 127 Å². The minimum atomic E-state index is -1.90. The Hall–Kier alpha value is -2.82. The Balaban J connectivity index is 2.02. The van der Waals surface area contributed by atoms with Gasteiger partial charge in [-0.15, -0.1) is 0 Å². The number of hydrogen-bond donors (Lipinski definition) is 1. The van der Waals surface area contributed by atoms with Crippen molar-refractivity contribution in [2.75, 3.05) is 0 Å². The maximum atomic E-state index is 10.0. The van der Waals surface area contributed by atoms with Crippen molar-refractivity contribution in [2.45, 2.75) is 37.6 Å². The lowest BCUT2D eigenvalue weighted by atomic mass is 9.52. The minimum absolute atomic E-state index is 0.291. The van der Waals surface area contributed by atoms with E-state index < -0.39 is 28.6 Å². The first kappa shape index (κ1) is 14.8. The van der Waals surface area contributed by atoms with Gasteiger partial charge in [-0.2, -0.15) is 15.8 Å². The van der Waals surface area contributed by atoms with E-state index in [1.165, 1.54) is 6.26 Å². The van der Waals surface area contributed by atoms with Crippen LogP contribution in [0.5, 0.6) is 0 Å². The van der Waals surface area contributed by atoms with E-state index in [9.17, 15) is 15.8 Å².